The Bertz CT molecular complexity index is 696. The molecule has 0 fully saturated rings. The lowest BCUT2D eigenvalue weighted by Gasteiger charge is -2.23. The third-order valence-electron chi connectivity index (χ3n) is 3.15. The van der Waals surface area contributed by atoms with Crippen molar-refractivity contribution in [3.63, 3.8) is 0 Å². The summed E-state index contributed by atoms with van der Waals surface area (Å²) in [6.45, 7) is 2.45. The zero-order chi connectivity index (χ0) is 13.4. The van der Waals surface area contributed by atoms with Gasteiger partial charge in [0.25, 0.3) is 5.91 Å². The van der Waals surface area contributed by atoms with E-state index in [9.17, 15) is 4.79 Å². The van der Waals surface area contributed by atoms with E-state index in [1.165, 1.54) is 0 Å². The molecule has 94 valence electrons. The number of nitrogens with zero attached hydrogens (tertiary/aromatic N) is 1. The Hall–Kier alpha value is -2.25. The molecule has 0 unspecified atom stereocenters. The topological polar surface area (TPSA) is 32.3 Å². The van der Waals surface area contributed by atoms with E-state index in [1.807, 2.05) is 41.5 Å². The zero-order valence-electron chi connectivity index (χ0n) is 10.4. The molecule has 2 aromatic rings. The first-order valence-electron chi connectivity index (χ1n) is 5.92. The van der Waals surface area contributed by atoms with Crippen LogP contribution in [0.5, 0.6) is 0 Å². The van der Waals surface area contributed by atoms with Crippen molar-refractivity contribution in [2.45, 2.75) is 6.92 Å². The molecule has 2 heterocycles. The lowest BCUT2D eigenvalue weighted by atomic mass is 10.2. The molecule has 0 saturated carbocycles. The minimum absolute atomic E-state index is 0.0775. The minimum atomic E-state index is -0.0775. The smallest absolute Gasteiger partial charge is 0.258 e. The molecular formula is C15H12N2OS. The fraction of sp³-hybridized carbons (Fsp3) is 0.133. The van der Waals surface area contributed by atoms with Gasteiger partial charge in [-0.25, -0.2) is 0 Å². The lowest BCUT2D eigenvalue weighted by Crippen LogP contribution is -2.18. The van der Waals surface area contributed by atoms with E-state index in [4.69, 9.17) is 6.42 Å². The van der Waals surface area contributed by atoms with Gasteiger partial charge in [0.2, 0.25) is 0 Å². The number of hydrogen-bond acceptors (Lipinski definition) is 3. The van der Waals surface area contributed by atoms with Crippen LogP contribution in [0.3, 0.4) is 0 Å². The minimum Gasteiger partial charge on any atom is -0.326 e. The Kier molecular flexibility index (Phi) is 2.77. The van der Waals surface area contributed by atoms with Gasteiger partial charge in [0.15, 0.2) is 0 Å². The van der Waals surface area contributed by atoms with E-state index in [0.29, 0.717) is 12.1 Å². The molecule has 1 N–H and O–H groups in total. The van der Waals surface area contributed by atoms with Crippen molar-refractivity contribution in [2.24, 2.45) is 0 Å². The first kappa shape index (κ1) is 11.8. The molecule has 0 bridgehead atoms. The summed E-state index contributed by atoms with van der Waals surface area (Å²) in [7, 11) is 0. The van der Waals surface area contributed by atoms with Crippen molar-refractivity contribution >= 4 is 34.3 Å². The second-order valence-corrected chi connectivity index (χ2v) is 5.40. The molecule has 1 aromatic carbocycles. The Balaban J connectivity index is 2.28. The Morgan fingerprint density at radius 1 is 1.42 bits per heavy atom. The number of para-hydroxylation sites is 2. The number of amides is 1. The van der Waals surface area contributed by atoms with Crippen LogP contribution < -0.4 is 10.2 Å². The Morgan fingerprint density at radius 3 is 3.00 bits per heavy atom. The molecule has 1 aliphatic heterocycles. The van der Waals surface area contributed by atoms with E-state index in [1.54, 1.807) is 11.3 Å². The number of thiophene rings is 1. The van der Waals surface area contributed by atoms with Crippen molar-refractivity contribution < 1.29 is 4.79 Å². The van der Waals surface area contributed by atoms with Crippen LogP contribution >= 0.6 is 11.3 Å². The number of rotatable bonds is 1. The first-order valence-corrected chi connectivity index (χ1v) is 6.80. The van der Waals surface area contributed by atoms with Crippen LogP contribution in [0, 0.1) is 19.3 Å². The van der Waals surface area contributed by atoms with Crippen LogP contribution in [0.4, 0.5) is 17.1 Å². The molecule has 0 radical (unpaired) electrons. The molecule has 0 saturated heterocycles. The number of hydrogen-bond donors (Lipinski definition) is 1. The van der Waals surface area contributed by atoms with Crippen LogP contribution in [-0.2, 0) is 0 Å². The standard InChI is InChI=1S/C15H12N2OS/c1-3-8-17-13-7-5-4-6-12(13)16-15(18)11-9-19-10(2)14(11)17/h1,4-7,9H,8H2,2H3,(H,16,18). The van der Waals surface area contributed by atoms with Gasteiger partial charge in [-0.15, -0.1) is 17.8 Å². The predicted octanol–water partition coefficient (Wildman–Crippen LogP) is 3.39. The first-order chi connectivity index (χ1) is 9.22. The molecular weight excluding hydrogens is 256 g/mol. The van der Waals surface area contributed by atoms with E-state index < -0.39 is 0 Å². The molecule has 1 aliphatic rings. The maximum absolute atomic E-state index is 12.2. The summed E-state index contributed by atoms with van der Waals surface area (Å²) < 4.78 is 0. The molecule has 3 rings (SSSR count). The summed E-state index contributed by atoms with van der Waals surface area (Å²) in [5, 5.41) is 4.82. The molecule has 0 spiro atoms. The lowest BCUT2D eigenvalue weighted by molar-refractivity contribution is 0.102. The van der Waals surface area contributed by atoms with Gasteiger partial charge in [0.1, 0.15) is 0 Å². The monoisotopic (exact) mass is 268 g/mol. The molecule has 0 aliphatic carbocycles. The number of carbonyl (C=O) groups is 1. The van der Waals surface area contributed by atoms with Crippen LogP contribution in [-0.4, -0.2) is 12.5 Å². The van der Waals surface area contributed by atoms with E-state index in [0.717, 1.165) is 21.9 Å². The van der Waals surface area contributed by atoms with Gasteiger partial charge >= 0.3 is 0 Å². The fourth-order valence-electron chi connectivity index (χ4n) is 2.33. The van der Waals surface area contributed by atoms with Gasteiger partial charge < -0.3 is 10.2 Å². The number of terminal acetylenes is 1. The Morgan fingerprint density at radius 2 is 2.21 bits per heavy atom. The van der Waals surface area contributed by atoms with E-state index in [-0.39, 0.29) is 5.91 Å². The zero-order valence-corrected chi connectivity index (χ0v) is 11.3. The average molecular weight is 268 g/mol. The van der Waals surface area contributed by atoms with Crippen LogP contribution in [0.25, 0.3) is 0 Å². The van der Waals surface area contributed by atoms with E-state index >= 15 is 0 Å². The Labute approximate surface area is 115 Å². The van der Waals surface area contributed by atoms with Gasteiger partial charge in [-0.05, 0) is 19.1 Å². The highest BCUT2D eigenvalue weighted by Gasteiger charge is 2.27. The van der Waals surface area contributed by atoms with Gasteiger partial charge in [-0.1, -0.05) is 18.1 Å². The summed E-state index contributed by atoms with van der Waals surface area (Å²) in [6.07, 6.45) is 5.48. The van der Waals surface area contributed by atoms with Crippen molar-refractivity contribution in [1.82, 2.24) is 0 Å². The molecule has 1 aromatic heterocycles. The average Bonchev–Trinajstić information content (AvgIpc) is 2.73. The van der Waals surface area contributed by atoms with Crippen LogP contribution in [0.1, 0.15) is 15.2 Å². The van der Waals surface area contributed by atoms with Gasteiger partial charge in [-0.2, -0.15) is 0 Å². The molecule has 4 heteroatoms. The molecule has 0 atom stereocenters. The maximum Gasteiger partial charge on any atom is 0.258 e. The summed E-state index contributed by atoms with van der Waals surface area (Å²) in [4.78, 5) is 15.4. The second-order valence-electron chi connectivity index (χ2n) is 4.32. The number of anilines is 3. The normalized spacial score (nSPS) is 13.1. The maximum atomic E-state index is 12.2. The summed E-state index contributed by atoms with van der Waals surface area (Å²) in [5.41, 5.74) is 3.34. The summed E-state index contributed by atoms with van der Waals surface area (Å²) in [6, 6.07) is 7.71. The number of fused-ring (bicyclic) bond motifs is 2. The van der Waals surface area contributed by atoms with Gasteiger partial charge in [-0.3, -0.25) is 4.79 Å². The largest absolute Gasteiger partial charge is 0.326 e. The quantitative estimate of drug-likeness (QED) is 0.804. The number of aryl methyl sites for hydroxylation is 1. The molecule has 1 amide bonds. The SMILES string of the molecule is C#CCN1c2ccccc2NC(=O)c2csc(C)c21. The number of benzene rings is 1. The second kappa shape index (κ2) is 4.45. The fourth-order valence-corrected chi connectivity index (χ4v) is 3.17. The highest BCUT2D eigenvalue weighted by atomic mass is 32.1. The van der Waals surface area contributed by atoms with Crippen LogP contribution in [0.2, 0.25) is 0 Å². The highest BCUT2D eigenvalue weighted by Crippen LogP contribution is 2.41. The van der Waals surface area contributed by atoms with Crippen molar-refractivity contribution in [3.05, 3.63) is 40.1 Å². The molecule has 3 nitrogen and oxygen atoms in total. The van der Waals surface area contributed by atoms with Crippen LogP contribution in [0.15, 0.2) is 29.6 Å². The third kappa shape index (κ3) is 1.79. The number of carbonyl (C=O) groups excluding carboxylic acids is 1. The number of nitrogens with one attached hydrogen (secondary N) is 1. The van der Waals surface area contributed by atoms with Gasteiger partial charge in [0.05, 0.1) is 29.2 Å². The third-order valence-corrected chi connectivity index (χ3v) is 4.05. The summed E-state index contributed by atoms with van der Waals surface area (Å²) >= 11 is 1.57. The van der Waals surface area contributed by atoms with Crippen molar-refractivity contribution in [2.75, 3.05) is 16.8 Å². The predicted molar refractivity (Wildman–Crippen MR) is 79.3 cm³/mol. The summed E-state index contributed by atoms with van der Waals surface area (Å²) in [5.74, 6) is 2.59. The highest BCUT2D eigenvalue weighted by molar-refractivity contribution is 7.10. The van der Waals surface area contributed by atoms with Crippen molar-refractivity contribution in [3.8, 4) is 12.3 Å². The van der Waals surface area contributed by atoms with Gasteiger partial charge in [0, 0.05) is 10.3 Å². The van der Waals surface area contributed by atoms with E-state index in [2.05, 4.69) is 11.2 Å². The molecule has 19 heavy (non-hydrogen) atoms. The van der Waals surface area contributed by atoms with Crippen molar-refractivity contribution in [1.29, 1.82) is 0 Å².